The van der Waals surface area contributed by atoms with Gasteiger partial charge in [-0.3, -0.25) is 9.59 Å². The van der Waals surface area contributed by atoms with Crippen LogP contribution in [0.4, 0.5) is 0 Å². The molecule has 0 unspecified atom stereocenters. The Morgan fingerprint density at radius 3 is 2.24 bits per heavy atom. The predicted molar refractivity (Wildman–Crippen MR) is 62.4 cm³/mol. The van der Waals surface area contributed by atoms with Crippen molar-refractivity contribution in [2.24, 2.45) is 5.92 Å². The summed E-state index contributed by atoms with van der Waals surface area (Å²) in [7, 11) is 0. The Labute approximate surface area is 101 Å². The van der Waals surface area contributed by atoms with Crippen LogP contribution in [-0.2, 0) is 20.9 Å². The molecule has 1 aromatic rings. The number of carbonyl (C=O) groups is 2. The lowest BCUT2D eigenvalue weighted by Gasteiger charge is -2.07. The van der Waals surface area contributed by atoms with Crippen molar-refractivity contribution < 1.29 is 19.1 Å². The molecule has 1 rings (SSSR count). The van der Waals surface area contributed by atoms with Crippen LogP contribution in [0.1, 0.15) is 26.3 Å². The van der Waals surface area contributed by atoms with Gasteiger partial charge in [-0.05, 0) is 17.7 Å². The monoisotopic (exact) mass is 236 g/mol. The number of esters is 2. The van der Waals surface area contributed by atoms with Crippen LogP contribution in [0.15, 0.2) is 24.3 Å². The smallest absolute Gasteiger partial charge is 0.313 e. The van der Waals surface area contributed by atoms with Gasteiger partial charge < -0.3 is 9.47 Å². The Morgan fingerprint density at radius 2 is 1.76 bits per heavy atom. The second-order valence-corrected chi connectivity index (χ2v) is 4.00. The van der Waals surface area contributed by atoms with Crippen molar-refractivity contribution >= 4 is 11.9 Å². The highest BCUT2D eigenvalue weighted by Crippen LogP contribution is 2.14. The summed E-state index contributed by atoms with van der Waals surface area (Å²) in [4.78, 5) is 21.9. The number of rotatable bonds is 4. The maximum absolute atomic E-state index is 11.3. The summed E-state index contributed by atoms with van der Waals surface area (Å²) < 4.78 is 9.95. The van der Waals surface area contributed by atoms with E-state index in [0.29, 0.717) is 5.75 Å². The van der Waals surface area contributed by atoms with Crippen LogP contribution in [0.5, 0.6) is 5.75 Å². The van der Waals surface area contributed by atoms with E-state index in [1.54, 1.807) is 38.1 Å². The first kappa shape index (κ1) is 13.2. The number of benzene rings is 1. The van der Waals surface area contributed by atoms with Crippen LogP contribution in [0.3, 0.4) is 0 Å². The van der Waals surface area contributed by atoms with Crippen LogP contribution in [-0.4, -0.2) is 11.9 Å². The molecule has 0 saturated heterocycles. The molecule has 1 aromatic carbocycles. The Balaban J connectivity index is 2.56. The van der Waals surface area contributed by atoms with E-state index < -0.39 is 0 Å². The zero-order chi connectivity index (χ0) is 12.8. The normalized spacial score (nSPS) is 10.1. The van der Waals surface area contributed by atoms with Gasteiger partial charge in [-0.2, -0.15) is 0 Å². The van der Waals surface area contributed by atoms with Crippen LogP contribution >= 0.6 is 0 Å². The van der Waals surface area contributed by atoms with Gasteiger partial charge in [-0.15, -0.1) is 0 Å². The number of carbonyl (C=O) groups excluding carboxylic acids is 2. The Bertz CT molecular complexity index is 392. The number of hydrogen-bond acceptors (Lipinski definition) is 4. The van der Waals surface area contributed by atoms with E-state index in [4.69, 9.17) is 9.47 Å². The maximum atomic E-state index is 11.3. The van der Waals surface area contributed by atoms with Gasteiger partial charge in [-0.25, -0.2) is 0 Å². The van der Waals surface area contributed by atoms with E-state index in [0.717, 1.165) is 5.56 Å². The molecule has 0 atom stereocenters. The zero-order valence-corrected chi connectivity index (χ0v) is 10.2. The van der Waals surface area contributed by atoms with Crippen LogP contribution < -0.4 is 4.74 Å². The molecule has 0 aromatic heterocycles. The summed E-state index contributed by atoms with van der Waals surface area (Å²) in [5, 5.41) is 0. The van der Waals surface area contributed by atoms with Gasteiger partial charge in [-0.1, -0.05) is 26.0 Å². The molecule has 0 aliphatic carbocycles. The van der Waals surface area contributed by atoms with E-state index in [1.165, 1.54) is 6.92 Å². The number of ether oxygens (including phenoxy) is 2. The zero-order valence-electron chi connectivity index (χ0n) is 10.2. The quantitative estimate of drug-likeness (QED) is 0.594. The standard InChI is InChI=1S/C13H16O4/c1-9(2)13(15)17-12-6-4-11(5-7-12)8-16-10(3)14/h4-7,9H,8H2,1-3H3. The van der Waals surface area contributed by atoms with Crippen molar-refractivity contribution in [2.75, 3.05) is 0 Å². The molecular weight excluding hydrogens is 220 g/mol. The molecule has 4 nitrogen and oxygen atoms in total. The van der Waals surface area contributed by atoms with Gasteiger partial charge in [0.2, 0.25) is 0 Å². The Kier molecular flexibility index (Phi) is 4.69. The molecule has 0 fully saturated rings. The highest BCUT2D eigenvalue weighted by atomic mass is 16.5. The lowest BCUT2D eigenvalue weighted by Crippen LogP contribution is -2.14. The Hall–Kier alpha value is -1.84. The van der Waals surface area contributed by atoms with Gasteiger partial charge in [0, 0.05) is 6.92 Å². The fourth-order valence-electron chi connectivity index (χ4n) is 1.07. The minimum Gasteiger partial charge on any atom is -0.461 e. The fourth-order valence-corrected chi connectivity index (χ4v) is 1.07. The van der Waals surface area contributed by atoms with Crippen molar-refractivity contribution in [3.63, 3.8) is 0 Å². The summed E-state index contributed by atoms with van der Waals surface area (Å²) in [6.45, 7) is 5.14. The van der Waals surface area contributed by atoms with Gasteiger partial charge in [0.05, 0.1) is 5.92 Å². The van der Waals surface area contributed by atoms with Gasteiger partial charge >= 0.3 is 11.9 Å². The summed E-state index contributed by atoms with van der Waals surface area (Å²) in [5.74, 6) is -0.246. The minimum absolute atomic E-state index is 0.157. The molecule has 0 aliphatic heterocycles. The average molecular weight is 236 g/mol. The largest absolute Gasteiger partial charge is 0.461 e. The number of hydrogen-bond donors (Lipinski definition) is 0. The van der Waals surface area contributed by atoms with Crippen molar-refractivity contribution in [3.8, 4) is 5.75 Å². The third kappa shape index (κ3) is 4.68. The first-order valence-corrected chi connectivity index (χ1v) is 5.43. The SMILES string of the molecule is CC(=O)OCc1ccc(OC(=O)C(C)C)cc1. The summed E-state index contributed by atoms with van der Waals surface area (Å²) in [6.07, 6.45) is 0. The summed E-state index contributed by atoms with van der Waals surface area (Å²) in [5.41, 5.74) is 0.851. The molecule has 0 spiro atoms. The molecule has 0 bridgehead atoms. The van der Waals surface area contributed by atoms with Crippen molar-refractivity contribution in [1.29, 1.82) is 0 Å². The molecule has 0 aliphatic rings. The lowest BCUT2D eigenvalue weighted by molar-refractivity contribution is -0.142. The molecule has 92 valence electrons. The van der Waals surface area contributed by atoms with Crippen LogP contribution in [0.2, 0.25) is 0 Å². The summed E-state index contributed by atoms with van der Waals surface area (Å²) in [6, 6.07) is 6.87. The van der Waals surface area contributed by atoms with Crippen LogP contribution in [0, 0.1) is 5.92 Å². The third-order valence-corrected chi connectivity index (χ3v) is 2.06. The molecule has 0 heterocycles. The maximum Gasteiger partial charge on any atom is 0.313 e. The molecule has 4 heteroatoms. The third-order valence-electron chi connectivity index (χ3n) is 2.06. The summed E-state index contributed by atoms with van der Waals surface area (Å²) >= 11 is 0. The molecular formula is C13H16O4. The van der Waals surface area contributed by atoms with Crippen molar-refractivity contribution in [3.05, 3.63) is 29.8 Å². The second-order valence-electron chi connectivity index (χ2n) is 4.00. The van der Waals surface area contributed by atoms with E-state index >= 15 is 0 Å². The highest BCUT2D eigenvalue weighted by molar-refractivity contribution is 5.74. The van der Waals surface area contributed by atoms with E-state index in [9.17, 15) is 9.59 Å². The van der Waals surface area contributed by atoms with Gasteiger partial charge in [0.1, 0.15) is 12.4 Å². The molecule has 17 heavy (non-hydrogen) atoms. The van der Waals surface area contributed by atoms with E-state index in [1.807, 2.05) is 0 Å². The first-order valence-electron chi connectivity index (χ1n) is 5.43. The highest BCUT2D eigenvalue weighted by Gasteiger charge is 2.09. The van der Waals surface area contributed by atoms with Crippen LogP contribution in [0.25, 0.3) is 0 Å². The van der Waals surface area contributed by atoms with Crippen molar-refractivity contribution in [1.82, 2.24) is 0 Å². The molecule has 0 N–H and O–H groups in total. The van der Waals surface area contributed by atoms with E-state index in [2.05, 4.69) is 0 Å². The van der Waals surface area contributed by atoms with Gasteiger partial charge in [0.15, 0.2) is 0 Å². The second kappa shape index (κ2) is 6.03. The predicted octanol–water partition coefficient (Wildman–Crippen LogP) is 2.31. The van der Waals surface area contributed by atoms with Gasteiger partial charge in [0.25, 0.3) is 0 Å². The Morgan fingerprint density at radius 1 is 1.18 bits per heavy atom. The lowest BCUT2D eigenvalue weighted by atomic mass is 10.2. The molecule has 0 radical (unpaired) electrons. The average Bonchev–Trinajstić information content (AvgIpc) is 2.28. The topological polar surface area (TPSA) is 52.6 Å². The first-order chi connectivity index (χ1) is 7.99. The molecule has 0 amide bonds. The molecule has 0 saturated carbocycles. The van der Waals surface area contributed by atoms with Crippen molar-refractivity contribution in [2.45, 2.75) is 27.4 Å². The fraction of sp³-hybridized carbons (Fsp3) is 0.385. The minimum atomic E-state index is -0.319. The van der Waals surface area contributed by atoms with E-state index in [-0.39, 0.29) is 24.5 Å².